The van der Waals surface area contributed by atoms with Crippen molar-refractivity contribution in [2.45, 2.75) is 111 Å². The summed E-state index contributed by atoms with van der Waals surface area (Å²) in [6, 6.07) is 0. The van der Waals surface area contributed by atoms with Crippen molar-refractivity contribution in [1.82, 2.24) is 0 Å². The van der Waals surface area contributed by atoms with Crippen molar-refractivity contribution < 1.29 is 39.6 Å². The molecule has 8 nitrogen and oxygen atoms in total. The zero-order valence-corrected chi connectivity index (χ0v) is 23.8. The maximum absolute atomic E-state index is 14.1. The van der Waals surface area contributed by atoms with Crippen molar-refractivity contribution in [3.8, 4) is 0 Å². The van der Waals surface area contributed by atoms with E-state index in [0.717, 1.165) is 0 Å². The summed E-state index contributed by atoms with van der Waals surface area (Å²) in [5.74, 6) is -3.20. The molecule has 0 spiro atoms. The lowest BCUT2D eigenvalue weighted by Crippen LogP contribution is -2.61. The number of aliphatic carboxylic acids is 1. The number of aliphatic hydroxyl groups is 3. The average Bonchev–Trinajstić information content (AvgIpc) is 2.99. The molecule has 4 N–H and O–H groups in total. The monoisotopic (exact) mass is 532 g/mol. The minimum Gasteiger partial charge on any atom is -0.481 e. The Morgan fingerprint density at radius 1 is 1.08 bits per heavy atom. The lowest BCUT2D eigenvalue weighted by molar-refractivity contribution is -0.149. The van der Waals surface area contributed by atoms with Gasteiger partial charge in [-0.05, 0) is 49.0 Å². The summed E-state index contributed by atoms with van der Waals surface area (Å²) >= 11 is 0. The van der Waals surface area contributed by atoms with E-state index < -0.39 is 57.3 Å². The molecule has 9 atom stereocenters. The fourth-order valence-corrected chi connectivity index (χ4v) is 9.25. The first-order valence-corrected chi connectivity index (χ1v) is 13.9. The zero-order valence-electron chi connectivity index (χ0n) is 23.8. The molecule has 4 aliphatic rings. The van der Waals surface area contributed by atoms with Gasteiger partial charge in [0.1, 0.15) is 11.6 Å². The predicted octanol–water partition coefficient (Wildman–Crippen LogP) is 3.25. The van der Waals surface area contributed by atoms with Crippen LogP contribution in [0, 0.1) is 39.4 Å². The van der Waals surface area contributed by atoms with E-state index in [1.54, 1.807) is 0 Å². The summed E-state index contributed by atoms with van der Waals surface area (Å²) < 4.78 is 0. The van der Waals surface area contributed by atoms with Gasteiger partial charge in [0.2, 0.25) is 0 Å². The molecule has 8 heteroatoms. The SMILES string of the molecule is CC(CC(=O)C[C@@](C)(O)[C@H]1C[C@H](O)[C@@]2(C)C3=C(C(=O)C[C@]12C)[C@@]1(C)CCC(=O)C(C)(C)[C@@H]1C[C@@H]3O)C(=O)O. The molecule has 0 radical (unpaired) electrons. The van der Waals surface area contributed by atoms with Gasteiger partial charge in [-0.25, -0.2) is 0 Å². The first kappa shape index (κ1) is 29.1. The summed E-state index contributed by atoms with van der Waals surface area (Å²) in [6.45, 7) is 12.5. The number of carboxylic acids is 1. The molecule has 0 heterocycles. The summed E-state index contributed by atoms with van der Waals surface area (Å²) in [7, 11) is 0. The van der Waals surface area contributed by atoms with E-state index in [4.69, 9.17) is 0 Å². The molecule has 0 saturated heterocycles. The zero-order chi connectivity index (χ0) is 28.8. The van der Waals surface area contributed by atoms with Crippen LogP contribution in [0.1, 0.15) is 93.4 Å². The average molecular weight is 533 g/mol. The number of aliphatic hydroxyl groups excluding tert-OH is 2. The number of carboxylic acid groups (broad SMARTS) is 1. The van der Waals surface area contributed by atoms with E-state index in [1.165, 1.54) is 13.8 Å². The molecule has 4 aliphatic carbocycles. The number of Topliss-reactive ketones (excluding diaryl/α,β-unsaturated/α-hetero) is 3. The molecule has 2 fully saturated rings. The van der Waals surface area contributed by atoms with E-state index in [9.17, 15) is 39.6 Å². The van der Waals surface area contributed by atoms with Gasteiger partial charge < -0.3 is 20.4 Å². The number of carbonyl (C=O) groups excluding carboxylic acids is 3. The molecule has 212 valence electrons. The third-order valence-electron chi connectivity index (χ3n) is 11.6. The van der Waals surface area contributed by atoms with Gasteiger partial charge in [-0.2, -0.15) is 0 Å². The van der Waals surface area contributed by atoms with Crippen LogP contribution in [-0.4, -0.2) is 61.6 Å². The van der Waals surface area contributed by atoms with Crippen LogP contribution in [0.2, 0.25) is 0 Å². The molecule has 38 heavy (non-hydrogen) atoms. The predicted molar refractivity (Wildman–Crippen MR) is 139 cm³/mol. The highest BCUT2D eigenvalue weighted by Crippen LogP contribution is 2.71. The molecule has 1 unspecified atom stereocenters. The largest absolute Gasteiger partial charge is 0.481 e. The van der Waals surface area contributed by atoms with Crippen LogP contribution in [-0.2, 0) is 19.2 Å². The summed E-state index contributed by atoms with van der Waals surface area (Å²) in [4.78, 5) is 50.9. The molecule has 0 bridgehead atoms. The fraction of sp³-hybridized carbons (Fsp3) is 0.800. The fourth-order valence-electron chi connectivity index (χ4n) is 9.25. The third kappa shape index (κ3) is 3.80. The summed E-state index contributed by atoms with van der Waals surface area (Å²) in [6.07, 6.45) is -1.12. The second-order valence-corrected chi connectivity index (χ2v) is 14.2. The molecule has 2 saturated carbocycles. The molecule has 0 aromatic heterocycles. The highest BCUT2D eigenvalue weighted by molar-refractivity contribution is 6.01. The second-order valence-electron chi connectivity index (χ2n) is 14.2. The maximum Gasteiger partial charge on any atom is 0.306 e. The standard InChI is InChI=1S/C30H44O8/c1-15(25(36)37)10-16(31)13-29(6,38)20-12-22(35)30(7)24-17(32)11-19-26(2,3)21(34)8-9-27(19,4)23(24)18(33)14-28(20,30)5/h15,17,19-20,22,32,35,38H,8-14H2,1-7H3,(H,36,37)/t15?,17-,19-,20-,22-,27-,28+,29+,30-/m0/s1. The Kier molecular flexibility index (Phi) is 6.74. The van der Waals surface area contributed by atoms with Gasteiger partial charge in [-0.15, -0.1) is 0 Å². The van der Waals surface area contributed by atoms with Crippen LogP contribution in [0.4, 0.5) is 0 Å². The number of hydrogen-bond acceptors (Lipinski definition) is 7. The van der Waals surface area contributed by atoms with Crippen molar-refractivity contribution >= 4 is 23.3 Å². The van der Waals surface area contributed by atoms with E-state index >= 15 is 0 Å². The van der Waals surface area contributed by atoms with Crippen LogP contribution >= 0.6 is 0 Å². The van der Waals surface area contributed by atoms with Gasteiger partial charge in [0.15, 0.2) is 5.78 Å². The van der Waals surface area contributed by atoms with Crippen molar-refractivity contribution in [3.05, 3.63) is 11.1 Å². The van der Waals surface area contributed by atoms with Gasteiger partial charge >= 0.3 is 5.97 Å². The van der Waals surface area contributed by atoms with Crippen molar-refractivity contribution in [1.29, 1.82) is 0 Å². The highest BCUT2D eigenvalue weighted by atomic mass is 16.4. The first-order chi connectivity index (χ1) is 17.2. The van der Waals surface area contributed by atoms with Gasteiger partial charge in [-0.1, -0.05) is 41.5 Å². The molecule has 0 aromatic rings. The van der Waals surface area contributed by atoms with E-state index in [0.29, 0.717) is 30.4 Å². The van der Waals surface area contributed by atoms with Crippen molar-refractivity contribution in [3.63, 3.8) is 0 Å². The Bertz CT molecular complexity index is 1120. The minimum absolute atomic E-state index is 0.0450. The molecule has 0 aliphatic heterocycles. The van der Waals surface area contributed by atoms with Crippen LogP contribution in [0.3, 0.4) is 0 Å². The number of hydrogen-bond donors (Lipinski definition) is 4. The smallest absolute Gasteiger partial charge is 0.306 e. The number of allylic oxidation sites excluding steroid dienone is 1. The Morgan fingerprint density at radius 2 is 1.68 bits per heavy atom. The lowest BCUT2D eigenvalue weighted by Gasteiger charge is -2.61. The van der Waals surface area contributed by atoms with E-state index in [1.807, 2.05) is 34.6 Å². The molecule has 4 rings (SSSR count). The van der Waals surface area contributed by atoms with Gasteiger partial charge in [0.05, 0.1) is 23.7 Å². The van der Waals surface area contributed by atoms with Gasteiger partial charge in [0, 0.05) is 47.5 Å². The third-order valence-corrected chi connectivity index (χ3v) is 11.6. The molecule has 0 aromatic carbocycles. The first-order valence-electron chi connectivity index (χ1n) is 13.9. The summed E-state index contributed by atoms with van der Waals surface area (Å²) in [5.41, 5.74) is -3.79. The quantitative estimate of drug-likeness (QED) is 0.407. The van der Waals surface area contributed by atoms with Crippen molar-refractivity contribution in [2.75, 3.05) is 0 Å². The molecular formula is C30H44O8. The van der Waals surface area contributed by atoms with E-state index in [-0.39, 0.29) is 49.0 Å². The highest BCUT2D eigenvalue weighted by Gasteiger charge is 2.71. The van der Waals surface area contributed by atoms with E-state index in [2.05, 4.69) is 0 Å². The molecular weight excluding hydrogens is 488 g/mol. The van der Waals surface area contributed by atoms with Crippen LogP contribution in [0.15, 0.2) is 11.1 Å². The topological polar surface area (TPSA) is 149 Å². The van der Waals surface area contributed by atoms with Gasteiger partial charge in [0.25, 0.3) is 0 Å². The van der Waals surface area contributed by atoms with Crippen molar-refractivity contribution in [2.24, 2.45) is 39.4 Å². The van der Waals surface area contributed by atoms with Gasteiger partial charge in [-0.3, -0.25) is 19.2 Å². The second kappa shape index (κ2) is 8.80. The molecule has 0 amide bonds. The normalized spacial score (nSPS) is 42.6. The Hall–Kier alpha value is -1.90. The number of ketones is 3. The van der Waals surface area contributed by atoms with Crippen LogP contribution in [0.5, 0.6) is 0 Å². The lowest BCUT2D eigenvalue weighted by atomic mass is 9.42. The minimum atomic E-state index is -1.59. The number of fused-ring (bicyclic) bond motifs is 4. The maximum atomic E-state index is 14.1. The Labute approximate surface area is 224 Å². The van der Waals surface area contributed by atoms with Crippen LogP contribution < -0.4 is 0 Å². The van der Waals surface area contributed by atoms with Crippen LogP contribution in [0.25, 0.3) is 0 Å². The number of carbonyl (C=O) groups is 4. The Morgan fingerprint density at radius 3 is 2.26 bits per heavy atom. The Balaban J connectivity index is 1.78. The summed E-state index contributed by atoms with van der Waals surface area (Å²) in [5, 5.41) is 44.1. The number of rotatable bonds is 6.